The SMILES string of the molecule is CC(=O)Nc1cccc(C(C)N(Cc2ccccc2)C(=O)c2ccc(S(=O)(=O)C(F)F)cc2)c1. The number of halogens is 2. The van der Waals surface area contributed by atoms with E-state index < -0.39 is 32.4 Å². The van der Waals surface area contributed by atoms with Crippen LogP contribution >= 0.6 is 0 Å². The van der Waals surface area contributed by atoms with Crippen molar-refractivity contribution >= 4 is 27.3 Å². The highest BCUT2D eigenvalue weighted by atomic mass is 32.2. The standard InChI is InChI=1S/C25H24F2N2O4S/c1-17(21-9-6-10-22(15-21)28-18(2)30)29(16-19-7-4-3-5-8-19)24(31)20-11-13-23(14-12-20)34(32,33)25(26)27/h3-15,17,25H,16H2,1-2H3,(H,28,30). The molecule has 0 saturated carbocycles. The molecule has 0 bridgehead atoms. The van der Waals surface area contributed by atoms with E-state index in [1.54, 1.807) is 23.1 Å². The molecule has 0 aliphatic carbocycles. The number of nitrogens with zero attached hydrogens (tertiary/aromatic N) is 1. The highest BCUT2D eigenvalue weighted by molar-refractivity contribution is 7.91. The second-order valence-corrected chi connectivity index (χ2v) is 9.65. The number of benzene rings is 3. The third-order valence-electron chi connectivity index (χ3n) is 5.28. The molecule has 0 saturated heterocycles. The van der Waals surface area contributed by atoms with Gasteiger partial charge in [-0.05, 0) is 54.4 Å². The van der Waals surface area contributed by atoms with Crippen LogP contribution in [0.25, 0.3) is 0 Å². The Kier molecular flexibility index (Phi) is 7.78. The number of carbonyl (C=O) groups is 2. The lowest BCUT2D eigenvalue weighted by molar-refractivity contribution is -0.114. The second-order valence-electron chi connectivity index (χ2n) is 7.73. The zero-order chi connectivity index (χ0) is 24.9. The van der Waals surface area contributed by atoms with Crippen LogP contribution in [-0.2, 0) is 21.2 Å². The molecule has 0 aromatic heterocycles. The van der Waals surface area contributed by atoms with Gasteiger partial charge in [0.05, 0.1) is 10.9 Å². The Labute approximate surface area is 197 Å². The van der Waals surface area contributed by atoms with Crippen LogP contribution in [0.5, 0.6) is 0 Å². The van der Waals surface area contributed by atoms with Crippen LogP contribution in [0.3, 0.4) is 0 Å². The van der Waals surface area contributed by atoms with Crippen LogP contribution < -0.4 is 5.32 Å². The molecule has 178 valence electrons. The zero-order valence-electron chi connectivity index (χ0n) is 18.6. The molecular formula is C25H24F2N2O4S. The van der Waals surface area contributed by atoms with Crippen LogP contribution in [0, 0.1) is 0 Å². The smallest absolute Gasteiger partial charge is 0.328 e. The minimum atomic E-state index is -4.75. The van der Waals surface area contributed by atoms with Crippen molar-refractivity contribution in [3.8, 4) is 0 Å². The summed E-state index contributed by atoms with van der Waals surface area (Å²) in [5.41, 5.74) is 2.39. The number of rotatable bonds is 8. The van der Waals surface area contributed by atoms with Crippen LogP contribution in [0.2, 0.25) is 0 Å². The van der Waals surface area contributed by atoms with Crippen molar-refractivity contribution in [1.29, 1.82) is 0 Å². The topological polar surface area (TPSA) is 83.6 Å². The number of amides is 2. The normalized spacial score (nSPS) is 12.3. The molecule has 0 fully saturated rings. The first-order chi connectivity index (χ1) is 16.1. The monoisotopic (exact) mass is 486 g/mol. The lowest BCUT2D eigenvalue weighted by atomic mass is 10.0. The molecule has 3 rings (SSSR count). The van der Waals surface area contributed by atoms with Crippen molar-refractivity contribution in [1.82, 2.24) is 4.90 Å². The summed E-state index contributed by atoms with van der Waals surface area (Å²) in [6.07, 6.45) is 0. The molecule has 34 heavy (non-hydrogen) atoms. The van der Waals surface area contributed by atoms with Gasteiger partial charge >= 0.3 is 5.76 Å². The van der Waals surface area contributed by atoms with Crippen LogP contribution in [0.15, 0.2) is 83.8 Å². The average Bonchev–Trinajstić information content (AvgIpc) is 2.82. The molecule has 1 atom stereocenters. The predicted molar refractivity (Wildman–Crippen MR) is 125 cm³/mol. The van der Waals surface area contributed by atoms with Gasteiger partial charge in [0.15, 0.2) is 0 Å². The van der Waals surface area contributed by atoms with Gasteiger partial charge in [0.25, 0.3) is 5.91 Å². The summed E-state index contributed by atoms with van der Waals surface area (Å²) < 4.78 is 49.1. The Hall–Kier alpha value is -3.59. The van der Waals surface area contributed by atoms with Crippen molar-refractivity contribution in [2.75, 3.05) is 5.32 Å². The van der Waals surface area contributed by atoms with Crippen molar-refractivity contribution in [2.45, 2.75) is 37.1 Å². The maximum atomic E-state index is 13.5. The highest BCUT2D eigenvalue weighted by Gasteiger charge is 2.28. The third kappa shape index (κ3) is 5.85. The molecule has 3 aromatic rings. The van der Waals surface area contributed by atoms with E-state index in [0.29, 0.717) is 5.69 Å². The molecule has 0 aliphatic heterocycles. The third-order valence-corrected chi connectivity index (χ3v) is 6.68. The Balaban J connectivity index is 1.96. The lowest BCUT2D eigenvalue weighted by Crippen LogP contribution is -2.33. The molecule has 1 N–H and O–H groups in total. The average molecular weight is 487 g/mol. The van der Waals surface area contributed by atoms with Crippen molar-refractivity contribution in [2.24, 2.45) is 0 Å². The lowest BCUT2D eigenvalue weighted by Gasteiger charge is -2.30. The zero-order valence-corrected chi connectivity index (χ0v) is 19.4. The van der Waals surface area contributed by atoms with Gasteiger partial charge in [-0.3, -0.25) is 9.59 Å². The van der Waals surface area contributed by atoms with E-state index in [4.69, 9.17) is 0 Å². The van der Waals surface area contributed by atoms with Gasteiger partial charge in [-0.25, -0.2) is 8.42 Å². The summed E-state index contributed by atoms with van der Waals surface area (Å²) in [6, 6.07) is 20.5. The van der Waals surface area contributed by atoms with E-state index in [-0.39, 0.29) is 18.0 Å². The fraction of sp³-hybridized carbons (Fsp3) is 0.200. The molecule has 2 amide bonds. The van der Waals surface area contributed by atoms with Gasteiger partial charge in [0, 0.05) is 24.7 Å². The van der Waals surface area contributed by atoms with Gasteiger partial charge < -0.3 is 10.2 Å². The van der Waals surface area contributed by atoms with Crippen molar-refractivity contribution < 1.29 is 26.8 Å². The Morgan fingerprint density at radius 2 is 1.59 bits per heavy atom. The van der Waals surface area contributed by atoms with Crippen molar-refractivity contribution in [3.63, 3.8) is 0 Å². The number of nitrogens with one attached hydrogen (secondary N) is 1. The molecule has 1 unspecified atom stereocenters. The molecule has 0 aliphatic rings. The predicted octanol–water partition coefficient (Wildman–Crippen LogP) is 5.04. The summed E-state index contributed by atoms with van der Waals surface area (Å²) in [6.45, 7) is 3.49. The molecule has 3 aromatic carbocycles. The fourth-order valence-corrected chi connectivity index (χ4v) is 4.20. The van der Waals surface area contributed by atoms with E-state index in [0.717, 1.165) is 23.3 Å². The van der Waals surface area contributed by atoms with E-state index >= 15 is 0 Å². The quantitative estimate of drug-likeness (QED) is 0.483. The number of sulfone groups is 1. The number of anilines is 1. The van der Waals surface area contributed by atoms with E-state index in [1.165, 1.54) is 19.1 Å². The summed E-state index contributed by atoms with van der Waals surface area (Å²) in [5.74, 6) is -4.16. The minimum Gasteiger partial charge on any atom is -0.328 e. The summed E-state index contributed by atoms with van der Waals surface area (Å²) in [4.78, 5) is 26.0. The van der Waals surface area contributed by atoms with Gasteiger partial charge in [0.1, 0.15) is 0 Å². The maximum Gasteiger partial charge on any atom is 0.341 e. The molecule has 0 spiro atoms. The first kappa shape index (κ1) is 25.0. The second kappa shape index (κ2) is 10.6. The molecule has 6 nitrogen and oxygen atoms in total. The first-order valence-corrected chi connectivity index (χ1v) is 12.0. The van der Waals surface area contributed by atoms with E-state index in [1.807, 2.05) is 43.3 Å². The minimum absolute atomic E-state index is 0.161. The van der Waals surface area contributed by atoms with Gasteiger partial charge in [0.2, 0.25) is 15.7 Å². The highest BCUT2D eigenvalue weighted by Crippen LogP contribution is 2.27. The molecular weight excluding hydrogens is 462 g/mol. The first-order valence-electron chi connectivity index (χ1n) is 10.4. The van der Waals surface area contributed by atoms with Crippen molar-refractivity contribution in [3.05, 3.63) is 95.6 Å². The van der Waals surface area contributed by atoms with E-state index in [9.17, 15) is 26.8 Å². The molecule has 0 heterocycles. The Morgan fingerprint density at radius 3 is 2.18 bits per heavy atom. The molecule has 9 heteroatoms. The van der Waals surface area contributed by atoms with Crippen LogP contribution in [-0.4, -0.2) is 30.9 Å². The Morgan fingerprint density at radius 1 is 0.941 bits per heavy atom. The summed E-state index contributed by atoms with van der Waals surface area (Å²) >= 11 is 0. The van der Waals surface area contributed by atoms with Gasteiger partial charge in [-0.2, -0.15) is 8.78 Å². The summed E-state index contributed by atoms with van der Waals surface area (Å²) in [7, 11) is -4.75. The molecule has 0 radical (unpaired) electrons. The number of hydrogen-bond donors (Lipinski definition) is 1. The van der Waals surface area contributed by atoms with Gasteiger partial charge in [-0.1, -0.05) is 42.5 Å². The Bertz CT molecular complexity index is 1260. The number of alkyl halides is 2. The summed E-state index contributed by atoms with van der Waals surface area (Å²) in [5, 5.41) is 2.72. The fourth-order valence-electron chi connectivity index (χ4n) is 3.48. The number of carbonyl (C=O) groups excluding carboxylic acids is 2. The van der Waals surface area contributed by atoms with E-state index in [2.05, 4.69) is 5.32 Å². The maximum absolute atomic E-state index is 13.5. The van der Waals surface area contributed by atoms with Gasteiger partial charge in [-0.15, -0.1) is 0 Å². The van der Waals surface area contributed by atoms with Crippen LogP contribution in [0.4, 0.5) is 14.5 Å². The van der Waals surface area contributed by atoms with Crippen LogP contribution in [0.1, 0.15) is 41.4 Å². The number of hydrogen-bond acceptors (Lipinski definition) is 4. The largest absolute Gasteiger partial charge is 0.341 e.